The largest absolute Gasteiger partial charge is 0.594 e. The average Bonchev–Trinajstić information content (AvgIpc) is 2.39. The minimum absolute atomic E-state index is 0.0388. The topological polar surface area (TPSA) is 38.4 Å². The second-order valence-electron chi connectivity index (χ2n) is 3.75. The molecule has 0 spiro atoms. The van der Waals surface area contributed by atoms with E-state index in [0.29, 0.717) is 5.69 Å². The number of alkyl halides is 3. The molecule has 0 bridgehead atoms. The predicted molar refractivity (Wildman–Crippen MR) is 63.3 cm³/mol. The maximum absolute atomic E-state index is 12.4. The van der Waals surface area contributed by atoms with Crippen LogP contribution in [-0.2, 0) is 6.18 Å². The summed E-state index contributed by atoms with van der Waals surface area (Å²) in [5.41, 5.74) is -0.335. The van der Waals surface area contributed by atoms with Gasteiger partial charge in [0.2, 0.25) is 5.69 Å². The van der Waals surface area contributed by atoms with Crippen molar-refractivity contribution < 1.29 is 18.0 Å². The van der Waals surface area contributed by atoms with Gasteiger partial charge in [0.15, 0.2) is 0 Å². The van der Waals surface area contributed by atoms with Crippen LogP contribution in [0.5, 0.6) is 0 Å². The predicted octanol–water partition coefficient (Wildman–Crippen LogP) is 4.63. The Morgan fingerprint density at radius 1 is 0.895 bits per heavy atom. The molecule has 98 valence electrons. The molecule has 0 amide bonds. The van der Waals surface area contributed by atoms with Crippen molar-refractivity contribution in [3.05, 3.63) is 65.4 Å². The molecule has 2 aromatic carbocycles. The van der Waals surface area contributed by atoms with Gasteiger partial charge in [0, 0.05) is 17.2 Å². The zero-order chi connectivity index (χ0) is 13.9. The second-order valence-corrected chi connectivity index (χ2v) is 3.75. The van der Waals surface area contributed by atoms with Crippen LogP contribution in [0.25, 0.3) is 0 Å². The Hall–Kier alpha value is -2.37. The highest BCUT2D eigenvalue weighted by Crippen LogP contribution is 2.30. The number of hydrogen-bond acceptors (Lipinski definition) is 2. The molecule has 3 nitrogen and oxygen atoms in total. The summed E-state index contributed by atoms with van der Waals surface area (Å²) in [5.74, 6) is 0. The minimum atomic E-state index is -4.41. The molecule has 19 heavy (non-hydrogen) atoms. The van der Waals surface area contributed by atoms with Gasteiger partial charge in [-0.3, -0.25) is 0 Å². The smallest absolute Gasteiger partial charge is 0.416 e. The van der Waals surface area contributed by atoms with E-state index >= 15 is 0 Å². The summed E-state index contributed by atoms with van der Waals surface area (Å²) in [5, 5.41) is 15.4. The van der Waals surface area contributed by atoms with Crippen LogP contribution < -0.4 is 0 Å². The SMILES string of the molecule is [O-][N+](=Nc1ccccc1)c1ccc(C(F)(F)F)cc1. The molecular formula is C13H9F3N2O. The fourth-order valence-electron chi connectivity index (χ4n) is 1.44. The fourth-order valence-corrected chi connectivity index (χ4v) is 1.44. The quantitative estimate of drug-likeness (QED) is 0.443. The van der Waals surface area contributed by atoms with Crippen LogP contribution in [0.3, 0.4) is 0 Å². The maximum atomic E-state index is 12.4. The van der Waals surface area contributed by atoms with Crippen molar-refractivity contribution in [3.63, 3.8) is 0 Å². The molecule has 6 heteroatoms. The molecule has 0 aliphatic carbocycles. The van der Waals surface area contributed by atoms with Gasteiger partial charge in [0.1, 0.15) is 5.69 Å². The molecule has 0 unspecified atom stereocenters. The van der Waals surface area contributed by atoms with Gasteiger partial charge < -0.3 is 5.21 Å². The second kappa shape index (κ2) is 5.09. The first-order chi connectivity index (χ1) is 8.97. The molecule has 0 fully saturated rings. The van der Waals surface area contributed by atoms with Crippen LogP contribution in [0.4, 0.5) is 24.5 Å². The number of benzene rings is 2. The molecule has 0 aromatic heterocycles. The van der Waals surface area contributed by atoms with E-state index in [1.807, 2.05) is 0 Å². The Morgan fingerprint density at radius 2 is 1.47 bits per heavy atom. The molecule has 0 aliphatic heterocycles. The summed E-state index contributed by atoms with van der Waals surface area (Å²) >= 11 is 0. The molecule has 0 heterocycles. The van der Waals surface area contributed by atoms with Gasteiger partial charge in [0.05, 0.1) is 5.56 Å². The Morgan fingerprint density at radius 3 is 2.00 bits per heavy atom. The summed E-state index contributed by atoms with van der Waals surface area (Å²) in [4.78, 5) is 0.287. The van der Waals surface area contributed by atoms with Crippen molar-refractivity contribution in [2.45, 2.75) is 6.18 Å². The van der Waals surface area contributed by atoms with E-state index in [-0.39, 0.29) is 10.5 Å². The molecule has 2 rings (SSSR count). The van der Waals surface area contributed by atoms with Crippen molar-refractivity contribution in [3.8, 4) is 0 Å². The fraction of sp³-hybridized carbons (Fsp3) is 0.0769. The monoisotopic (exact) mass is 266 g/mol. The molecular weight excluding hydrogens is 257 g/mol. The van der Waals surface area contributed by atoms with Gasteiger partial charge in [-0.15, -0.1) is 0 Å². The zero-order valence-electron chi connectivity index (χ0n) is 9.63. The van der Waals surface area contributed by atoms with Gasteiger partial charge in [-0.1, -0.05) is 23.1 Å². The van der Waals surface area contributed by atoms with Crippen molar-refractivity contribution in [2.75, 3.05) is 0 Å². The van der Waals surface area contributed by atoms with Crippen LogP contribution in [0.1, 0.15) is 5.56 Å². The van der Waals surface area contributed by atoms with Gasteiger partial charge in [-0.25, -0.2) is 0 Å². The molecule has 2 aromatic rings. The number of nitrogens with zero attached hydrogens (tertiary/aromatic N) is 2. The first-order valence-corrected chi connectivity index (χ1v) is 5.38. The Kier molecular flexibility index (Phi) is 3.50. The van der Waals surface area contributed by atoms with Crippen LogP contribution in [0.15, 0.2) is 59.7 Å². The summed E-state index contributed by atoms with van der Waals surface area (Å²) < 4.78 is 37.1. The number of azo groups is 1. The highest BCUT2D eigenvalue weighted by atomic mass is 19.4. The third kappa shape index (κ3) is 3.31. The van der Waals surface area contributed by atoms with Crippen LogP contribution in [0, 0.1) is 5.21 Å². The summed E-state index contributed by atoms with van der Waals surface area (Å²) in [6.45, 7) is 0. The van der Waals surface area contributed by atoms with E-state index in [1.165, 1.54) is 0 Å². The summed E-state index contributed by atoms with van der Waals surface area (Å²) in [6.07, 6.45) is -4.41. The molecule has 0 radical (unpaired) electrons. The first kappa shape index (κ1) is 13.1. The normalized spacial score (nSPS) is 12.5. The Labute approximate surface area is 107 Å². The van der Waals surface area contributed by atoms with Crippen molar-refractivity contribution in [1.82, 2.24) is 0 Å². The molecule has 0 aliphatic rings. The lowest BCUT2D eigenvalue weighted by atomic mass is 10.2. The van der Waals surface area contributed by atoms with Gasteiger partial charge in [-0.2, -0.15) is 13.2 Å². The van der Waals surface area contributed by atoms with Crippen molar-refractivity contribution >= 4 is 11.4 Å². The van der Waals surface area contributed by atoms with E-state index in [2.05, 4.69) is 5.11 Å². The Bertz CT molecular complexity index is 577. The van der Waals surface area contributed by atoms with Crippen molar-refractivity contribution in [2.24, 2.45) is 5.11 Å². The third-order valence-electron chi connectivity index (χ3n) is 2.38. The van der Waals surface area contributed by atoms with E-state index < -0.39 is 11.7 Å². The van der Waals surface area contributed by atoms with Gasteiger partial charge in [0.25, 0.3) is 0 Å². The lowest BCUT2D eigenvalue weighted by molar-refractivity contribution is -0.435. The first-order valence-electron chi connectivity index (χ1n) is 5.38. The maximum Gasteiger partial charge on any atom is 0.416 e. The highest BCUT2D eigenvalue weighted by Gasteiger charge is 2.30. The number of rotatable bonds is 2. The van der Waals surface area contributed by atoms with Crippen LogP contribution in [-0.4, -0.2) is 4.86 Å². The molecule has 0 saturated carbocycles. The third-order valence-corrected chi connectivity index (χ3v) is 2.38. The average molecular weight is 266 g/mol. The number of hydrogen-bond donors (Lipinski definition) is 0. The summed E-state index contributed by atoms with van der Waals surface area (Å²) in [6, 6.07) is 12.3. The number of halogens is 3. The molecule has 0 atom stereocenters. The van der Waals surface area contributed by atoms with E-state index in [9.17, 15) is 18.4 Å². The van der Waals surface area contributed by atoms with Crippen molar-refractivity contribution in [1.29, 1.82) is 0 Å². The summed E-state index contributed by atoms with van der Waals surface area (Å²) in [7, 11) is 0. The van der Waals surface area contributed by atoms with Crippen LogP contribution >= 0.6 is 0 Å². The van der Waals surface area contributed by atoms with E-state index in [1.54, 1.807) is 30.3 Å². The Balaban J connectivity index is 2.25. The zero-order valence-corrected chi connectivity index (χ0v) is 9.63. The van der Waals surface area contributed by atoms with E-state index in [4.69, 9.17) is 0 Å². The van der Waals surface area contributed by atoms with Crippen LogP contribution in [0.2, 0.25) is 0 Å². The van der Waals surface area contributed by atoms with Gasteiger partial charge in [-0.05, 0) is 24.3 Å². The lowest BCUT2D eigenvalue weighted by Gasteiger charge is -2.06. The van der Waals surface area contributed by atoms with E-state index in [0.717, 1.165) is 24.3 Å². The molecule has 0 saturated heterocycles. The minimum Gasteiger partial charge on any atom is -0.594 e. The lowest BCUT2D eigenvalue weighted by Crippen LogP contribution is -2.04. The standard InChI is InChI=1S/C13H9F3N2O/c14-13(15,16)10-6-8-12(9-7-10)18(19)17-11-4-2-1-3-5-11/h1-9H. The highest BCUT2D eigenvalue weighted by molar-refractivity contribution is 5.36. The molecule has 0 N–H and O–H groups in total. The van der Waals surface area contributed by atoms with Gasteiger partial charge >= 0.3 is 6.18 Å².